The molecule has 2 rings (SSSR count). The summed E-state index contributed by atoms with van der Waals surface area (Å²) in [5.74, 6) is 0. The molecule has 0 saturated carbocycles. The number of hydrogen-bond donors (Lipinski definition) is 0. The molecule has 1 amide bonds. The van der Waals surface area contributed by atoms with Crippen LogP contribution < -0.4 is 0 Å². The van der Waals surface area contributed by atoms with Crippen LogP contribution in [0, 0.1) is 0 Å². The Morgan fingerprint density at radius 2 is 1.88 bits per heavy atom. The molecular weight excluding hydrogens is 220 g/mol. The molecule has 5 nitrogen and oxygen atoms in total. The average Bonchev–Trinajstić information content (AvgIpc) is 3.00. The molecule has 0 unspecified atom stereocenters. The Morgan fingerprint density at radius 3 is 2.35 bits per heavy atom. The molecule has 2 fully saturated rings. The lowest BCUT2D eigenvalue weighted by Crippen LogP contribution is -2.50. The van der Waals surface area contributed by atoms with Gasteiger partial charge in [-0.2, -0.15) is 0 Å². The third kappa shape index (κ3) is 4.16. The first-order valence-corrected chi connectivity index (χ1v) is 6.26. The molecule has 0 aromatic heterocycles. The van der Waals surface area contributed by atoms with E-state index in [4.69, 9.17) is 9.47 Å². The van der Waals surface area contributed by atoms with Gasteiger partial charge in [0, 0.05) is 32.7 Å². The number of hydrogen-bond acceptors (Lipinski definition) is 4. The molecule has 0 aromatic carbocycles. The fraction of sp³-hybridized carbons (Fsp3) is 0.917. The van der Waals surface area contributed by atoms with Crippen LogP contribution in [0.5, 0.6) is 0 Å². The fourth-order valence-corrected chi connectivity index (χ4v) is 1.90. The number of rotatable bonds is 2. The highest BCUT2D eigenvalue weighted by Gasteiger charge is 2.29. The highest BCUT2D eigenvalue weighted by Crippen LogP contribution is 2.14. The Balaban J connectivity index is 1.72. The molecule has 0 spiro atoms. The smallest absolute Gasteiger partial charge is 0.410 e. The highest BCUT2D eigenvalue weighted by atomic mass is 16.6. The fourth-order valence-electron chi connectivity index (χ4n) is 1.90. The van der Waals surface area contributed by atoms with E-state index < -0.39 is 5.60 Å². The van der Waals surface area contributed by atoms with E-state index in [9.17, 15) is 4.79 Å². The van der Waals surface area contributed by atoms with Crippen molar-refractivity contribution in [2.24, 2.45) is 0 Å². The molecule has 0 N–H and O–H groups in total. The van der Waals surface area contributed by atoms with Crippen LogP contribution in [0.25, 0.3) is 0 Å². The zero-order chi connectivity index (χ0) is 12.5. The molecule has 17 heavy (non-hydrogen) atoms. The van der Waals surface area contributed by atoms with E-state index >= 15 is 0 Å². The lowest BCUT2D eigenvalue weighted by Gasteiger charge is -2.35. The van der Waals surface area contributed by atoms with Gasteiger partial charge in [0.15, 0.2) is 0 Å². The summed E-state index contributed by atoms with van der Waals surface area (Å²) in [4.78, 5) is 15.9. The number of amides is 1. The third-order valence-electron chi connectivity index (χ3n) is 2.89. The molecule has 0 aromatic rings. The van der Waals surface area contributed by atoms with E-state index in [0.717, 1.165) is 39.3 Å². The second kappa shape index (κ2) is 4.82. The summed E-state index contributed by atoms with van der Waals surface area (Å²) in [6.45, 7) is 10.9. The van der Waals surface area contributed by atoms with Crippen LogP contribution in [0.1, 0.15) is 20.8 Å². The van der Waals surface area contributed by atoms with Gasteiger partial charge in [0.1, 0.15) is 5.60 Å². The van der Waals surface area contributed by atoms with E-state index in [2.05, 4.69) is 4.90 Å². The van der Waals surface area contributed by atoms with Crippen molar-refractivity contribution in [3.8, 4) is 0 Å². The Morgan fingerprint density at radius 1 is 1.29 bits per heavy atom. The molecule has 0 aliphatic carbocycles. The molecule has 0 radical (unpaired) electrons. The van der Waals surface area contributed by atoms with E-state index in [1.165, 1.54) is 0 Å². The average molecular weight is 242 g/mol. The Hall–Kier alpha value is -0.810. The van der Waals surface area contributed by atoms with Crippen LogP contribution in [0.3, 0.4) is 0 Å². The molecule has 2 aliphatic rings. The van der Waals surface area contributed by atoms with Gasteiger partial charge in [-0.1, -0.05) is 0 Å². The van der Waals surface area contributed by atoms with Gasteiger partial charge >= 0.3 is 6.09 Å². The number of carbonyl (C=O) groups excluding carboxylic acids is 1. The lowest BCUT2D eigenvalue weighted by molar-refractivity contribution is 0.0141. The van der Waals surface area contributed by atoms with Gasteiger partial charge in [-0.15, -0.1) is 0 Å². The summed E-state index contributed by atoms with van der Waals surface area (Å²) in [5, 5.41) is 0. The van der Waals surface area contributed by atoms with Crippen LogP contribution in [0.2, 0.25) is 0 Å². The molecule has 5 heteroatoms. The van der Waals surface area contributed by atoms with Crippen molar-refractivity contribution in [3.05, 3.63) is 0 Å². The van der Waals surface area contributed by atoms with Crippen molar-refractivity contribution >= 4 is 6.09 Å². The maximum absolute atomic E-state index is 11.8. The van der Waals surface area contributed by atoms with E-state index in [0.29, 0.717) is 6.10 Å². The van der Waals surface area contributed by atoms with Crippen molar-refractivity contribution < 1.29 is 14.3 Å². The van der Waals surface area contributed by atoms with Gasteiger partial charge in [0.05, 0.1) is 12.7 Å². The van der Waals surface area contributed by atoms with Crippen LogP contribution >= 0.6 is 0 Å². The largest absolute Gasteiger partial charge is 0.444 e. The molecule has 1 atom stereocenters. The summed E-state index contributed by atoms with van der Waals surface area (Å²) in [6, 6.07) is 0. The minimum atomic E-state index is -0.407. The maximum atomic E-state index is 11.8. The van der Waals surface area contributed by atoms with Gasteiger partial charge in [0.2, 0.25) is 0 Å². The van der Waals surface area contributed by atoms with Crippen LogP contribution in [0.15, 0.2) is 0 Å². The highest BCUT2D eigenvalue weighted by molar-refractivity contribution is 5.68. The number of piperazine rings is 1. The van der Waals surface area contributed by atoms with Crippen LogP contribution in [-0.4, -0.2) is 66.9 Å². The summed E-state index contributed by atoms with van der Waals surface area (Å²) in [5.41, 5.74) is -0.407. The third-order valence-corrected chi connectivity index (χ3v) is 2.89. The van der Waals surface area contributed by atoms with Crippen molar-refractivity contribution in [1.29, 1.82) is 0 Å². The number of ether oxygens (including phenoxy) is 2. The quantitative estimate of drug-likeness (QED) is 0.676. The SMILES string of the molecule is CC(C)(C)OC(=O)N1CCN(C[C@H]2CO2)CC1. The predicted molar refractivity (Wildman–Crippen MR) is 64.0 cm³/mol. The molecule has 0 bridgehead atoms. The number of nitrogens with zero attached hydrogens (tertiary/aromatic N) is 2. The summed E-state index contributed by atoms with van der Waals surface area (Å²) in [6.07, 6.45) is 0.239. The molecule has 98 valence electrons. The second-order valence-electron chi connectivity index (χ2n) is 5.72. The molecule has 2 saturated heterocycles. The van der Waals surface area contributed by atoms with Crippen molar-refractivity contribution in [2.45, 2.75) is 32.5 Å². The lowest BCUT2D eigenvalue weighted by atomic mass is 10.2. The van der Waals surface area contributed by atoms with Crippen LogP contribution in [-0.2, 0) is 9.47 Å². The Labute approximate surface area is 103 Å². The van der Waals surface area contributed by atoms with Gasteiger partial charge in [0.25, 0.3) is 0 Å². The van der Waals surface area contributed by atoms with Crippen molar-refractivity contribution in [2.75, 3.05) is 39.3 Å². The van der Waals surface area contributed by atoms with Gasteiger partial charge < -0.3 is 14.4 Å². The zero-order valence-electron chi connectivity index (χ0n) is 10.9. The zero-order valence-corrected chi connectivity index (χ0v) is 10.9. The first kappa shape index (κ1) is 12.6. The molecular formula is C12H22N2O3. The van der Waals surface area contributed by atoms with Crippen molar-refractivity contribution in [1.82, 2.24) is 9.80 Å². The summed E-state index contributed by atoms with van der Waals surface area (Å²) < 4.78 is 10.6. The van der Waals surface area contributed by atoms with Gasteiger partial charge in [-0.3, -0.25) is 4.90 Å². The van der Waals surface area contributed by atoms with Crippen LogP contribution in [0.4, 0.5) is 4.79 Å². The minimum Gasteiger partial charge on any atom is -0.444 e. The maximum Gasteiger partial charge on any atom is 0.410 e. The second-order valence-corrected chi connectivity index (χ2v) is 5.72. The first-order chi connectivity index (χ1) is 7.94. The topological polar surface area (TPSA) is 45.3 Å². The molecule has 2 aliphatic heterocycles. The first-order valence-electron chi connectivity index (χ1n) is 6.26. The minimum absolute atomic E-state index is 0.195. The monoisotopic (exact) mass is 242 g/mol. The van der Waals surface area contributed by atoms with Gasteiger partial charge in [-0.25, -0.2) is 4.79 Å². The normalized spacial score (nSPS) is 25.8. The summed E-state index contributed by atoms with van der Waals surface area (Å²) in [7, 11) is 0. The number of carbonyl (C=O) groups is 1. The van der Waals surface area contributed by atoms with Crippen molar-refractivity contribution in [3.63, 3.8) is 0 Å². The summed E-state index contributed by atoms with van der Waals surface area (Å²) >= 11 is 0. The molecule has 2 heterocycles. The van der Waals surface area contributed by atoms with Gasteiger partial charge in [-0.05, 0) is 20.8 Å². The predicted octanol–water partition coefficient (Wildman–Crippen LogP) is 0.938. The number of epoxide rings is 1. The van der Waals surface area contributed by atoms with E-state index in [-0.39, 0.29) is 6.09 Å². The Kier molecular flexibility index (Phi) is 3.58. The van der Waals surface area contributed by atoms with E-state index in [1.807, 2.05) is 20.8 Å². The Bertz CT molecular complexity index is 276. The van der Waals surface area contributed by atoms with E-state index in [1.54, 1.807) is 4.90 Å². The standard InChI is InChI=1S/C12H22N2O3/c1-12(2,3)17-11(15)14-6-4-13(5-7-14)8-10-9-16-10/h10H,4-9H2,1-3H3/t10-/m0/s1.